The average Bonchev–Trinajstić information content (AvgIpc) is 3.96. The highest BCUT2D eigenvalue weighted by Crippen LogP contribution is 2.41. The summed E-state index contributed by atoms with van der Waals surface area (Å²) >= 11 is 0. The lowest BCUT2D eigenvalue weighted by molar-refractivity contribution is -0.141. The van der Waals surface area contributed by atoms with Crippen molar-refractivity contribution >= 4 is 65.2 Å². The molecular formula is C54H62F2N10O14. The molecule has 80 heavy (non-hydrogen) atoms. The van der Waals surface area contributed by atoms with E-state index in [1.54, 1.807) is 86.1 Å². The fourth-order valence-corrected chi connectivity index (χ4v) is 8.45. The van der Waals surface area contributed by atoms with Gasteiger partial charge in [0.1, 0.15) is 56.1 Å². The Morgan fingerprint density at radius 3 is 1.93 bits per heavy atom. The Bertz CT molecular complexity index is 2950. The van der Waals surface area contributed by atoms with Crippen molar-refractivity contribution in [3.05, 3.63) is 132 Å². The van der Waals surface area contributed by atoms with E-state index < -0.39 is 152 Å². The largest absolute Gasteiger partial charge is 0.481 e. The number of nitrogens with one attached hydrogen (secondary N) is 6. The van der Waals surface area contributed by atoms with Crippen molar-refractivity contribution in [2.45, 2.75) is 77.4 Å². The number of aliphatic hydroxyl groups is 1. The molecule has 0 aliphatic carbocycles. The van der Waals surface area contributed by atoms with Gasteiger partial charge in [-0.25, -0.2) is 13.6 Å². The summed E-state index contributed by atoms with van der Waals surface area (Å²) in [4.78, 5) is 144. The van der Waals surface area contributed by atoms with Gasteiger partial charge in [-0.2, -0.15) is 0 Å². The third-order valence-corrected chi connectivity index (χ3v) is 12.1. The predicted molar refractivity (Wildman–Crippen MR) is 279 cm³/mol. The highest BCUT2D eigenvalue weighted by atomic mass is 19.1. The molecule has 1 aromatic heterocycles. The summed E-state index contributed by atoms with van der Waals surface area (Å²) < 4.78 is 36.8. The summed E-state index contributed by atoms with van der Waals surface area (Å²) in [5.41, 5.74) is 6.44. The van der Waals surface area contributed by atoms with Crippen LogP contribution in [0, 0.1) is 17.0 Å². The Morgan fingerprint density at radius 1 is 0.725 bits per heavy atom. The van der Waals surface area contributed by atoms with Crippen LogP contribution in [-0.2, 0) is 65.8 Å². The molecule has 0 unspecified atom stereocenters. The third-order valence-electron chi connectivity index (χ3n) is 12.1. The van der Waals surface area contributed by atoms with Crippen LogP contribution in [0.5, 0.6) is 0 Å². The number of aliphatic carboxylic acids is 1. The van der Waals surface area contributed by atoms with Gasteiger partial charge in [-0.1, -0.05) is 81.4 Å². The number of alkyl carbamates (subject to hydrolysis) is 1. The minimum atomic E-state index is -1.96. The minimum absolute atomic E-state index is 0.0977. The Labute approximate surface area is 457 Å². The minimum Gasteiger partial charge on any atom is -0.481 e. The number of carbonyl (C=O) groups excluding carboxylic acids is 10. The average molecular weight is 1110 g/mol. The number of aromatic nitrogens is 1. The second-order valence-corrected chi connectivity index (χ2v) is 19.4. The van der Waals surface area contributed by atoms with E-state index in [0.29, 0.717) is 16.2 Å². The molecular weight excluding hydrogens is 1050 g/mol. The van der Waals surface area contributed by atoms with Crippen LogP contribution in [0.3, 0.4) is 0 Å². The summed E-state index contributed by atoms with van der Waals surface area (Å²) in [6, 6.07) is 15.4. The van der Waals surface area contributed by atoms with E-state index in [4.69, 9.17) is 10.5 Å². The molecule has 10 N–H and O–H groups in total. The van der Waals surface area contributed by atoms with Gasteiger partial charge < -0.3 is 62.1 Å². The van der Waals surface area contributed by atoms with E-state index in [0.717, 1.165) is 35.9 Å². The lowest BCUT2D eigenvalue weighted by Crippen LogP contribution is -2.58. The Kier molecular flexibility index (Phi) is 22.2. The molecule has 10 amide bonds. The van der Waals surface area contributed by atoms with Gasteiger partial charge in [0, 0.05) is 61.3 Å². The standard InChI is InChI=1S/C54H62F2N10O14/c1-54(2,3)49(41-22-34(36-23-35(55)14-15-37(36)56)28-64(41)27-32-10-6-4-7-11-32)65(47(73)30-67)21-18-38(50(76)59-20-19-58-44(70)29-66-45(71)16-17-46(66)72)62-51(77)39(24-42(57)68)63-52(78)40(25-48(74)75)61-43(69)26-60-53(79)80-31-33-12-8-5-9-13-33/h4-17,22-23,28,38-40,49,67H,18-21,24-27,29-31H2,1-3H3,(H2,57,68)(H,58,70)(H,59,76)(H,60,79)(H,61,69)(H,62,77)(H,63,78)(H,74,75)/t38-,39-,40+,49-/m0/s1. The quantitative estimate of drug-likeness (QED) is 0.0279. The number of carboxylic acids is 1. The summed E-state index contributed by atoms with van der Waals surface area (Å²) in [5.74, 6) is -11.9. The van der Waals surface area contributed by atoms with Crippen molar-refractivity contribution in [2.75, 3.05) is 39.3 Å². The highest BCUT2D eigenvalue weighted by molar-refractivity contribution is 6.14. The molecule has 1 aliphatic rings. The fourth-order valence-electron chi connectivity index (χ4n) is 8.45. The number of benzene rings is 3. The molecule has 426 valence electrons. The predicted octanol–water partition coefficient (Wildman–Crippen LogP) is 0.668. The van der Waals surface area contributed by atoms with Gasteiger partial charge in [0.25, 0.3) is 11.8 Å². The topological polar surface area (TPSA) is 347 Å². The van der Waals surface area contributed by atoms with Crippen molar-refractivity contribution in [1.29, 1.82) is 0 Å². The summed E-state index contributed by atoms with van der Waals surface area (Å²) in [6.45, 7) is 1.71. The molecule has 4 aromatic rings. The van der Waals surface area contributed by atoms with Crippen molar-refractivity contribution in [2.24, 2.45) is 11.1 Å². The first kappa shape index (κ1) is 61.5. The molecule has 0 spiro atoms. The zero-order valence-corrected chi connectivity index (χ0v) is 43.9. The first-order valence-corrected chi connectivity index (χ1v) is 25.0. The van der Waals surface area contributed by atoms with Crippen LogP contribution < -0.4 is 37.6 Å². The fraction of sp³-hybridized carbons (Fsp3) is 0.352. The smallest absolute Gasteiger partial charge is 0.407 e. The molecule has 4 atom stereocenters. The first-order valence-electron chi connectivity index (χ1n) is 25.0. The van der Waals surface area contributed by atoms with Gasteiger partial charge in [-0.15, -0.1) is 0 Å². The van der Waals surface area contributed by atoms with E-state index in [-0.39, 0.29) is 37.4 Å². The molecule has 2 heterocycles. The second-order valence-electron chi connectivity index (χ2n) is 19.4. The van der Waals surface area contributed by atoms with Crippen molar-refractivity contribution in [3.63, 3.8) is 0 Å². The molecule has 1 aliphatic heterocycles. The van der Waals surface area contributed by atoms with E-state index in [9.17, 15) is 67.3 Å². The number of carboxylic acid groups (broad SMARTS) is 1. The van der Waals surface area contributed by atoms with Crippen molar-refractivity contribution in [1.82, 2.24) is 46.3 Å². The van der Waals surface area contributed by atoms with Crippen molar-refractivity contribution in [3.8, 4) is 11.1 Å². The number of hydrogen-bond donors (Lipinski definition) is 9. The molecule has 0 fully saturated rings. The molecule has 0 radical (unpaired) electrons. The van der Waals surface area contributed by atoms with Crippen molar-refractivity contribution < 1.29 is 76.5 Å². The Hall–Kier alpha value is -9.33. The number of hydrogen-bond acceptors (Lipinski definition) is 13. The second kappa shape index (κ2) is 28.9. The van der Waals surface area contributed by atoms with Crippen LogP contribution in [0.25, 0.3) is 11.1 Å². The van der Waals surface area contributed by atoms with E-state index in [1.807, 2.05) is 12.1 Å². The summed E-state index contributed by atoms with van der Waals surface area (Å²) in [5, 5.41) is 34.0. The maximum absolute atomic E-state index is 15.4. The molecule has 26 heteroatoms. The van der Waals surface area contributed by atoms with E-state index in [2.05, 4.69) is 31.9 Å². The van der Waals surface area contributed by atoms with E-state index >= 15 is 4.39 Å². The number of primary amides is 1. The molecule has 0 saturated carbocycles. The van der Waals surface area contributed by atoms with Gasteiger partial charge in [0.05, 0.1) is 18.9 Å². The maximum Gasteiger partial charge on any atom is 0.407 e. The van der Waals surface area contributed by atoms with Crippen LogP contribution in [0.1, 0.15) is 62.9 Å². The lowest BCUT2D eigenvalue weighted by atomic mass is 9.82. The van der Waals surface area contributed by atoms with Crippen LogP contribution in [-0.4, -0.2) is 147 Å². The molecule has 24 nitrogen and oxygen atoms in total. The third kappa shape index (κ3) is 18.4. The number of imide groups is 1. The van der Waals surface area contributed by atoms with Gasteiger partial charge in [0.15, 0.2) is 0 Å². The normalized spacial score (nSPS) is 13.5. The molecule has 0 bridgehead atoms. The zero-order valence-electron chi connectivity index (χ0n) is 43.9. The van der Waals surface area contributed by atoms with E-state index in [1.165, 1.54) is 4.90 Å². The number of aliphatic hydroxyl groups excluding tert-OH is 1. The van der Waals surface area contributed by atoms with Gasteiger partial charge in [-0.05, 0) is 47.2 Å². The van der Waals surface area contributed by atoms with Crippen LogP contribution in [0.15, 0.2) is 103 Å². The molecule has 3 aromatic carbocycles. The summed E-state index contributed by atoms with van der Waals surface area (Å²) in [6.07, 6.45) is 0.00308. The Balaban J connectivity index is 1.42. The number of nitrogens with zero attached hydrogens (tertiary/aromatic N) is 3. The first-order chi connectivity index (χ1) is 37.9. The number of nitrogens with two attached hydrogens (primary N) is 1. The zero-order chi connectivity index (χ0) is 58.7. The van der Waals surface area contributed by atoms with Crippen LogP contribution in [0.4, 0.5) is 13.6 Å². The SMILES string of the molecule is CC(C)(C)[C@H](c1cc(-c2cc(F)ccc2F)cn1Cc1ccccc1)N(CC[C@H](NC(=O)[C@H](CC(N)=O)NC(=O)[C@@H](CC(=O)O)NC(=O)CNC(=O)OCc1ccccc1)C(=O)NCCNC(=O)CN1C(=O)C=CC1=O)C(=O)CO. The van der Waals surface area contributed by atoms with Gasteiger partial charge in [0.2, 0.25) is 41.4 Å². The van der Waals surface area contributed by atoms with Crippen LogP contribution in [0.2, 0.25) is 0 Å². The van der Waals surface area contributed by atoms with Crippen LogP contribution >= 0.6 is 0 Å². The van der Waals surface area contributed by atoms with Gasteiger partial charge in [-0.3, -0.25) is 52.8 Å². The highest BCUT2D eigenvalue weighted by Gasteiger charge is 2.39. The summed E-state index contributed by atoms with van der Waals surface area (Å²) in [7, 11) is 0. The number of carbonyl (C=O) groups is 11. The Morgan fingerprint density at radius 2 is 1.32 bits per heavy atom. The maximum atomic E-state index is 15.4. The van der Waals surface area contributed by atoms with Gasteiger partial charge >= 0.3 is 12.1 Å². The number of ether oxygens (including phenoxy) is 1. The number of amides is 10. The molecule has 5 rings (SSSR count). The number of rotatable bonds is 28. The lowest BCUT2D eigenvalue weighted by Gasteiger charge is -2.41. The molecule has 0 saturated heterocycles. The monoisotopic (exact) mass is 1110 g/mol. The number of halogens is 2.